The molecule has 0 aliphatic carbocycles. The van der Waals surface area contributed by atoms with Gasteiger partial charge in [0, 0.05) is 35.8 Å². The zero-order valence-corrected chi connectivity index (χ0v) is 11.4. The lowest BCUT2D eigenvalue weighted by Gasteiger charge is -2.35. The number of hydrogen-bond donors (Lipinski definition) is 2. The number of morpholine rings is 1. The van der Waals surface area contributed by atoms with Crippen molar-refractivity contribution in [3.8, 4) is 0 Å². The van der Waals surface area contributed by atoms with E-state index in [0.717, 1.165) is 13.1 Å². The largest absolute Gasteiger partial charge is 0.394 e. The fraction of sp³-hybridized carbons (Fsp3) is 0.538. The molecule has 4 nitrogen and oxygen atoms in total. The third-order valence-corrected chi connectivity index (χ3v) is 4.04. The van der Waals surface area contributed by atoms with Gasteiger partial charge in [0.2, 0.25) is 0 Å². The molecule has 0 spiro atoms. The summed E-state index contributed by atoms with van der Waals surface area (Å²) in [6.45, 7) is 2.82. The van der Waals surface area contributed by atoms with E-state index in [9.17, 15) is 5.11 Å². The van der Waals surface area contributed by atoms with E-state index in [-0.39, 0.29) is 12.7 Å². The van der Waals surface area contributed by atoms with Gasteiger partial charge in [-0.1, -0.05) is 6.07 Å². The molecule has 1 aliphatic rings. The van der Waals surface area contributed by atoms with Gasteiger partial charge in [0.1, 0.15) is 0 Å². The summed E-state index contributed by atoms with van der Waals surface area (Å²) in [5.74, 6) is 0. The van der Waals surface area contributed by atoms with Crippen LogP contribution in [-0.2, 0) is 11.3 Å². The molecule has 1 atom stereocenters. The Balaban J connectivity index is 2.26. The minimum Gasteiger partial charge on any atom is -0.394 e. The topological polar surface area (TPSA) is 58.7 Å². The Labute approximate surface area is 112 Å². The maximum absolute atomic E-state index is 9.20. The van der Waals surface area contributed by atoms with Gasteiger partial charge in [-0.25, -0.2) is 0 Å². The number of aliphatic hydroxyl groups excluding tert-OH is 1. The van der Waals surface area contributed by atoms with Crippen LogP contribution in [0.2, 0.25) is 0 Å². The van der Waals surface area contributed by atoms with Crippen molar-refractivity contribution in [3.63, 3.8) is 0 Å². The van der Waals surface area contributed by atoms with Gasteiger partial charge < -0.3 is 20.5 Å². The lowest BCUT2D eigenvalue weighted by atomic mass is 10.1. The standard InChI is InChI=1S/C13H20N2O2S/c1-18-13-4-2-3-12(11(13)7-14)15-5-6-17-10(8-15)9-16/h2-4,10,16H,5-9,14H2,1H3. The Hall–Kier alpha value is -0.750. The van der Waals surface area contributed by atoms with Crippen molar-refractivity contribution in [2.45, 2.75) is 17.5 Å². The molecule has 1 unspecified atom stereocenters. The fourth-order valence-corrected chi connectivity index (χ4v) is 2.94. The van der Waals surface area contributed by atoms with Crippen molar-refractivity contribution in [2.75, 3.05) is 37.5 Å². The van der Waals surface area contributed by atoms with E-state index in [4.69, 9.17) is 10.5 Å². The van der Waals surface area contributed by atoms with Crippen LogP contribution in [0.5, 0.6) is 0 Å². The molecule has 1 heterocycles. The van der Waals surface area contributed by atoms with Gasteiger partial charge in [0.15, 0.2) is 0 Å². The van der Waals surface area contributed by atoms with Crippen molar-refractivity contribution in [3.05, 3.63) is 23.8 Å². The van der Waals surface area contributed by atoms with Gasteiger partial charge >= 0.3 is 0 Å². The predicted octanol–water partition coefficient (Wildman–Crippen LogP) is 1.06. The summed E-state index contributed by atoms with van der Waals surface area (Å²) in [4.78, 5) is 3.48. The summed E-state index contributed by atoms with van der Waals surface area (Å²) < 4.78 is 5.48. The van der Waals surface area contributed by atoms with Crippen molar-refractivity contribution in [1.29, 1.82) is 0 Å². The molecule has 1 aromatic rings. The van der Waals surface area contributed by atoms with Crippen LogP contribution in [0.15, 0.2) is 23.1 Å². The third kappa shape index (κ3) is 2.80. The minimum absolute atomic E-state index is 0.0661. The van der Waals surface area contributed by atoms with Crippen LogP contribution in [0.25, 0.3) is 0 Å². The maximum Gasteiger partial charge on any atom is 0.0980 e. The summed E-state index contributed by atoms with van der Waals surface area (Å²) in [6, 6.07) is 6.26. The number of benzene rings is 1. The molecule has 1 aromatic carbocycles. The molecule has 18 heavy (non-hydrogen) atoms. The highest BCUT2D eigenvalue weighted by Crippen LogP contribution is 2.30. The van der Waals surface area contributed by atoms with E-state index in [1.807, 2.05) is 0 Å². The normalized spacial score (nSPS) is 20.2. The van der Waals surface area contributed by atoms with Crippen LogP contribution >= 0.6 is 11.8 Å². The Morgan fingerprint density at radius 1 is 1.56 bits per heavy atom. The number of thioether (sulfide) groups is 1. The van der Waals surface area contributed by atoms with E-state index in [2.05, 4.69) is 29.4 Å². The van der Waals surface area contributed by atoms with Crippen molar-refractivity contribution in [1.82, 2.24) is 0 Å². The molecule has 5 heteroatoms. The van der Waals surface area contributed by atoms with Crippen LogP contribution in [0.3, 0.4) is 0 Å². The molecule has 0 aromatic heterocycles. The number of nitrogens with two attached hydrogens (primary N) is 1. The SMILES string of the molecule is CSc1cccc(N2CCOC(CO)C2)c1CN. The van der Waals surface area contributed by atoms with Crippen LogP contribution < -0.4 is 10.6 Å². The highest BCUT2D eigenvalue weighted by atomic mass is 32.2. The second-order valence-corrected chi connectivity index (χ2v) is 5.13. The number of hydrogen-bond acceptors (Lipinski definition) is 5. The van der Waals surface area contributed by atoms with Crippen molar-refractivity contribution < 1.29 is 9.84 Å². The molecule has 2 rings (SSSR count). The van der Waals surface area contributed by atoms with E-state index in [1.165, 1.54) is 16.1 Å². The highest BCUT2D eigenvalue weighted by molar-refractivity contribution is 7.98. The zero-order chi connectivity index (χ0) is 13.0. The van der Waals surface area contributed by atoms with E-state index >= 15 is 0 Å². The average Bonchev–Trinajstić information content (AvgIpc) is 2.46. The molecule has 0 radical (unpaired) electrons. The van der Waals surface area contributed by atoms with Gasteiger partial charge in [0.05, 0.1) is 19.3 Å². The van der Waals surface area contributed by atoms with Gasteiger partial charge in [-0.05, 0) is 18.4 Å². The first kappa shape index (κ1) is 13.7. The van der Waals surface area contributed by atoms with E-state index in [1.54, 1.807) is 11.8 Å². The Morgan fingerprint density at radius 2 is 2.39 bits per heavy atom. The summed E-state index contributed by atoms with van der Waals surface area (Å²) in [5, 5.41) is 9.20. The van der Waals surface area contributed by atoms with Crippen molar-refractivity contribution in [2.24, 2.45) is 5.73 Å². The number of anilines is 1. The number of ether oxygens (including phenoxy) is 1. The third-order valence-electron chi connectivity index (χ3n) is 3.22. The first-order valence-corrected chi connectivity index (χ1v) is 7.36. The summed E-state index contributed by atoms with van der Waals surface area (Å²) in [7, 11) is 0. The quantitative estimate of drug-likeness (QED) is 0.800. The predicted molar refractivity (Wildman–Crippen MR) is 75.2 cm³/mol. The average molecular weight is 268 g/mol. The monoisotopic (exact) mass is 268 g/mol. The van der Waals surface area contributed by atoms with E-state index < -0.39 is 0 Å². The van der Waals surface area contributed by atoms with Gasteiger partial charge in [-0.2, -0.15) is 0 Å². The van der Waals surface area contributed by atoms with Crippen LogP contribution in [-0.4, -0.2) is 43.8 Å². The first-order valence-electron chi connectivity index (χ1n) is 6.13. The first-order chi connectivity index (χ1) is 8.80. The minimum atomic E-state index is -0.0951. The Kier molecular flexibility index (Phi) is 4.88. The molecule has 100 valence electrons. The molecule has 1 saturated heterocycles. The number of rotatable bonds is 4. The second kappa shape index (κ2) is 6.43. The molecule has 1 fully saturated rings. The van der Waals surface area contributed by atoms with Gasteiger partial charge in [-0.3, -0.25) is 0 Å². The molecule has 0 bridgehead atoms. The van der Waals surface area contributed by atoms with Crippen LogP contribution in [0, 0.1) is 0 Å². The Bertz CT molecular complexity index is 401. The molecule has 0 amide bonds. The summed E-state index contributed by atoms with van der Waals surface area (Å²) in [5.41, 5.74) is 8.24. The van der Waals surface area contributed by atoms with Gasteiger partial charge in [0.25, 0.3) is 0 Å². The zero-order valence-electron chi connectivity index (χ0n) is 10.6. The van der Waals surface area contributed by atoms with Gasteiger partial charge in [-0.15, -0.1) is 11.8 Å². The molecular weight excluding hydrogens is 248 g/mol. The number of aliphatic hydroxyl groups is 1. The lowest BCUT2D eigenvalue weighted by Crippen LogP contribution is -2.44. The molecule has 1 aliphatic heterocycles. The highest BCUT2D eigenvalue weighted by Gasteiger charge is 2.22. The number of nitrogens with zero attached hydrogens (tertiary/aromatic N) is 1. The van der Waals surface area contributed by atoms with Crippen molar-refractivity contribution >= 4 is 17.4 Å². The molecule has 3 N–H and O–H groups in total. The Morgan fingerprint density at radius 3 is 3.06 bits per heavy atom. The smallest absolute Gasteiger partial charge is 0.0980 e. The van der Waals surface area contributed by atoms with Crippen LogP contribution in [0.1, 0.15) is 5.56 Å². The van der Waals surface area contributed by atoms with E-state index in [0.29, 0.717) is 13.2 Å². The maximum atomic E-state index is 9.20. The lowest BCUT2D eigenvalue weighted by molar-refractivity contribution is 0.00352. The van der Waals surface area contributed by atoms with Crippen LogP contribution in [0.4, 0.5) is 5.69 Å². The molecule has 0 saturated carbocycles. The molecular formula is C13H20N2O2S. The summed E-state index contributed by atoms with van der Waals surface area (Å²) >= 11 is 1.72. The second-order valence-electron chi connectivity index (χ2n) is 4.28. The summed E-state index contributed by atoms with van der Waals surface area (Å²) in [6.07, 6.45) is 1.97. The fourth-order valence-electron chi connectivity index (χ4n) is 2.30.